The summed E-state index contributed by atoms with van der Waals surface area (Å²) in [6, 6.07) is 0. The highest BCUT2D eigenvalue weighted by molar-refractivity contribution is 4.96. The van der Waals surface area contributed by atoms with Crippen LogP contribution in [0.2, 0.25) is 0 Å². The number of unbranched alkanes of at least 4 members (excludes halogenated alkanes) is 4. The summed E-state index contributed by atoms with van der Waals surface area (Å²) in [5.41, 5.74) is 0. The van der Waals surface area contributed by atoms with Crippen molar-refractivity contribution in [2.75, 3.05) is 20.5 Å². The van der Waals surface area contributed by atoms with Gasteiger partial charge in [-0.3, -0.25) is 0 Å². The monoisotopic (exact) mass is 268 g/mol. The Hall–Kier alpha value is -0.800. The minimum atomic E-state index is 0.182. The third kappa shape index (κ3) is 7.38. The van der Waals surface area contributed by atoms with E-state index in [-0.39, 0.29) is 6.10 Å². The second-order valence-corrected chi connectivity index (χ2v) is 5.00. The SMILES string of the molecule is CCCCCCC=C[C@@H]1OCOC[C@H]1C/C=C\OC. The van der Waals surface area contributed by atoms with Crippen molar-refractivity contribution >= 4 is 0 Å². The van der Waals surface area contributed by atoms with Crippen molar-refractivity contribution in [2.24, 2.45) is 5.92 Å². The Morgan fingerprint density at radius 3 is 2.89 bits per heavy atom. The molecular formula is C16H28O3. The molecule has 0 aromatic carbocycles. The van der Waals surface area contributed by atoms with Gasteiger partial charge in [0.25, 0.3) is 0 Å². The molecule has 1 fully saturated rings. The van der Waals surface area contributed by atoms with E-state index in [1.54, 1.807) is 13.4 Å². The van der Waals surface area contributed by atoms with E-state index in [1.165, 1.54) is 25.7 Å². The van der Waals surface area contributed by atoms with Gasteiger partial charge in [-0.2, -0.15) is 0 Å². The molecule has 3 nitrogen and oxygen atoms in total. The summed E-state index contributed by atoms with van der Waals surface area (Å²) in [6.07, 6.45) is 15.7. The zero-order valence-corrected chi connectivity index (χ0v) is 12.3. The Labute approximate surface area is 117 Å². The van der Waals surface area contributed by atoms with Gasteiger partial charge in [-0.15, -0.1) is 0 Å². The van der Waals surface area contributed by atoms with Gasteiger partial charge in [-0.25, -0.2) is 0 Å². The van der Waals surface area contributed by atoms with Crippen molar-refractivity contribution in [3.63, 3.8) is 0 Å². The van der Waals surface area contributed by atoms with Crippen molar-refractivity contribution in [2.45, 2.75) is 51.6 Å². The summed E-state index contributed by atoms with van der Waals surface area (Å²) in [5, 5.41) is 0. The average Bonchev–Trinajstić information content (AvgIpc) is 2.44. The Bertz CT molecular complexity index is 261. The van der Waals surface area contributed by atoms with Crippen LogP contribution in [0.25, 0.3) is 0 Å². The average molecular weight is 268 g/mol. The molecule has 110 valence electrons. The number of rotatable bonds is 9. The van der Waals surface area contributed by atoms with Crippen LogP contribution in [0.3, 0.4) is 0 Å². The van der Waals surface area contributed by atoms with Crippen LogP contribution < -0.4 is 0 Å². The molecule has 0 bridgehead atoms. The van der Waals surface area contributed by atoms with Crippen molar-refractivity contribution in [1.29, 1.82) is 0 Å². The summed E-state index contributed by atoms with van der Waals surface area (Å²) in [4.78, 5) is 0. The number of hydrogen-bond acceptors (Lipinski definition) is 3. The van der Waals surface area contributed by atoms with E-state index in [0.29, 0.717) is 12.7 Å². The van der Waals surface area contributed by atoms with E-state index in [4.69, 9.17) is 14.2 Å². The molecule has 1 aliphatic rings. The van der Waals surface area contributed by atoms with Crippen molar-refractivity contribution < 1.29 is 14.2 Å². The van der Waals surface area contributed by atoms with Gasteiger partial charge in [0.15, 0.2) is 0 Å². The first-order valence-corrected chi connectivity index (χ1v) is 7.42. The first kappa shape index (κ1) is 16.3. The molecule has 0 saturated carbocycles. The molecule has 1 rings (SSSR count). The first-order valence-electron chi connectivity index (χ1n) is 7.42. The lowest BCUT2D eigenvalue weighted by atomic mass is 9.97. The van der Waals surface area contributed by atoms with Gasteiger partial charge in [-0.1, -0.05) is 38.3 Å². The highest BCUT2D eigenvalue weighted by Crippen LogP contribution is 2.20. The highest BCUT2D eigenvalue weighted by Gasteiger charge is 2.23. The van der Waals surface area contributed by atoms with E-state index in [2.05, 4.69) is 19.1 Å². The Morgan fingerprint density at radius 2 is 2.11 bits per heavy atom. The number of hydrogen-bond donors (Lipinski definition) is 0. The predicted octanol–water partition coefficient (Wildman–Crippen LogP) is 4.05. The fourth-order valence-electron chi connectivity index (χ4n) is 2.22. The third-order valence-electron chi connectivity index (χ3n) is 3.36. The predicted molar refractivity (Wildman–Crippen MR) is 77.8 cm³/mol. The maximum Gasteiger partial charge on any atom is 0.147 e. The van der Waals surface area contributed by atoms with Crippen LogP contribution in [-0.2, 0) is 14.2 Å². The Morgan fingerprint density at radius 1 is 1.21 bits per heavy atom. The zero-order valence-electron chi connectivity index (χ0n) is 12.3. The Kier molecular flexibility index (Phi) is 9.46. The minimum absolute atomic E-state index is 0.182. The van der Waals surface area contributed by atoms with Gasteiger partial charge >= 0.3 is 0 Å². The van der Waals surface area contributed by atoms with Crippen LogP contribution in [0.15, 0.2) is 24.5 Å². The second-order valence-electron chi connectivity index (χ2n) is 5.00. The fraction of sp³-hybridized carbons (Fsp3) is 0.750. The van der Waals surface area contributed by atoms with Gasteiger partial charge in [0.1, 0.15) is 6.79 Å². The molecule has 0 aliphatic carbocycles. The third-order valence-corrected chi connectivity index (χ3v) is 3.36. The maximum absolute atomic E-state index is 5.67. The minimum Gasteiger partial charge on any atom is -0.505 e. The van der Waals surface area contributed by atoms with Crippen LogP contribution >= 0.6 is 0 Å². The second kappa shape index (κ2) is 11.1. The smallest absolute Gasteiger partial charge is 0.147 e. The van der Waals surface area contributed by atoms with Crippen molar-refractivity contribution in [3.8, 4) is 0 Å². The molecule has 3 heteroatoms. The topological polar surface area (TPSA) is 27.7 Å². The van der Waals surface area contributed by atoms with E-state index >= 15 is 0 Å². The number of ether oxygens (including phenoxy) is 3. The van der Waals surface area contributed by atoms with Crippen LogP contribution in [0.1, 0.15) is 45.4 Å². The maximum atomic E-state index is 5.67. The normalized spacial score (nSPS) is 24.3. The van der Waals surface area contributed by atoms with Crippen LogP contribution in [0.5, 0.6) is 0 Å². The van der Waals surface area contributed by atoms with Crippen molar-refractivity contribution in [3.05, 3.63) is 24.5 Å². The molecule has 0 aromatic rings. The molecule has 0 amide bonds. The summed E-state index contributed by atoms with van der Waals surface area (Å²) < 4.78 is 16.0. The van der Waals surface area contributed by atoms with Gasteiger partial charge in [0, 0.05) is 5.92 Å². The highest BCUT2D eigenvalue weighted by atomic mass is 16.7. The van der Waals surface area contributed by atoms with Gasteiger partial charge in [-0.05, 0) is 25.3 Å². The van der Waals surface area contributed by atoms with Gasteiger partial charge < -0.3 is 14.2 Å². The summed E-state index contributed by atoms with van der Waals surface area (Å²) in [7, 11) is 1.66. The molecule has 0 spiro atoms. The standard InChI is InChI=1S/C16H28O3/c1-3-4-5-6-7-8-11-16-15(10-9-12-17-2)13-18-14-19-16/h8-9,11-12,15-16H,3-7,10,13-14H2,1-2H3/b11-8?,12-9-/t15-,16+/m1/s1. The quantitative estimate of drug-likeness (QED) is 0.359. The van der Waals surface area contributed by atoms with Gasteiger partial charge in [0.2, 0.25) is 0 Å². The summed E-state index contributed by atoms with van der Waals surface area (Å²) in [6.45, 7) is 3.41. The lowest BCUT2D eigenvalue weighted by Crippen LogP contribution is -2.32. The molecule has 0 N–H and O–H groups in total. The molecular weight excluding hydrogens is 240 g/mol. The summed E-state index contributed by atoms with van der Waals surface area (Å²) >= 11 is 0. The number of methoxy groups -OCH3 is 1. The van der Waals surface area contributed by atoms with E-state index in [9.17, 15) is 0 Å². The van der Waals surface area contributed by atoms with E-state index in [1.807, 2.05) is 6.08 Å². The van der Waals surface area contributed by atoms with Crippen LogP contribution in [0.4, 0.5) is 0 Å². The molecule has 19 heavy (non-hydrogen) atoms. The first-order chi connectivity index (χ1) is 9.38. The zero-order chi connectivity index (χ0) is 13.8. The summed E-state index contributed by atoms with van der Waals surface area (Å²) in [5.74, 6) is 0.395. The molecule has 1 saturated heterocycles. The molecule has 1 aliphatic heterocycles. The lowest BCUT2D eigenvalue weighted by Gasteiger charge is -2.28. The van der Waals surface area contributed by atoms with Gasteiger partial charge in [0.05, 0.1) is 26.1 Å². The van der Waals surface area contributed by atoms with E-state index < -0.39 is 0 Å². The number of allylic oxidation sites excluding steroid dienone is 2. The molecule has 2 atom stereocenters. The molecule has 0 radical (unpaired) electrons. The van der Waals surface area contributed by atoms with Crippen LogP contribution in [-0.4, -0.2) is 26.6 Å². The van der Waals surface area contributed by atoms with Crippen LogP contribution in [0, 0.1) is 5.92 Å². The molecule has 1 heterocycles. The molecule has 0 unspecified atom stereocenters. The lowest BCUT2D eigenvalue weighted by molar-refractivity contribution is -0.152. The van der Waals surface area contributed by atoms with E-state index in [0.717, 1.165) is 19.4 Å². The molecule has 0 aromatic heterocycles. The van der Waals surface area contributed by atoms with Crippen molar-refractivity contribution in [1.82, 2.24) is 0 Å². The largest absolute Gasteiger partial charge is 0.505 e. The Balaban J connectivity index is 2.26. The fourth-order valence-corrected chi connectivity index (χ4v) is 2.22.